The Morgan fingerprint density at radius 1 is 1.10 bits per heavy atom. The van der Waals surface area contributed by atoms with Crippen molar-refractivity contribution in [2.45, 2.75) is 56.9 Å². The lowest BCUT2D eigenvalue weighted by Crippen LogP contribution is -2.43. The molecule has 158 valence electrons. The van der Waals surface area contributed by atoms with E-state index >= 15 is 0 Å². The Hall–Kier alpha value is -2.63. The summed E-state index contributed by atoms with van der Waals surface area (Å²) in [5.74, 6) is 0.713. The molecule has 0 atom stereocenters. The average molecular weight is 407 g/mol. The molecule has 0 radical (unpaired) electrons. The maximum Gasteiger partial charge on any atom is 0.272 e. The van der Waals surface area contributed by atoms with Gasteiger partial charge in [0.15, 0.2) is 0 Å². The van der Waals surface area contributed by atoms with Crippen LogP contribution in [0.15, 0.2) is 36.4 Å². The van der Waals surface area contributed by atoms with E-state index in [1.165, 1.54) is 0 Å². The van der Waals surface area contributed by atoms with Crippen LogP contribution in [0.1, 0.15) is 66.7 Å². The third-order valence-corrected chi connectivity index (χ3v) is 7.17. The van der Waals surface area contributed by atoms with Crippen molar-refractivity contribution in [1.29, 1.82) is 0 Å². The average Bonchev–Trinajstić information content (AvgIpc) is 3.53. The molecule has 2 amide bonds. The lowest BCUT2D eigenvalue weighted by atomic mass is 9.90. The Labute approximate surface area is 177 Å². The minimum atomic E-state index is -0.282. The van der Waals surface area contributed by atoms with Gasteiger partial charge in [0.2, 0.25) is 5.91 Å². The van der Waals surface area contributed by atoms with Crippen LogP contribution in [0, 0.1) is 0 Å². The van der Waals surface area contributed by atoms with E-state index in [1.807, 2.05) is 40.8 Å². The molecular weight excluding hydrogens is 376 g/mol. The maximum atomic E-state index is 13.3. The van der Waals surface area contributed by atoms with Crippen molar-refractivity contribution in [1.82, 2.24) is 19.6 Å². The Kier molecular flexibility index (Phi) is 4.88. The second-order valence-electron chi connectivity index (χ2n) is 8.93. The van der Waals surface area contributed by atoms with Gasteiger partial charge in [-0.25, -0.2) is 0 Å². The van der Waals surface area contributed by atoms with Gasteiger partial charge < -0.3 is 9.80 Å². The van der Waals surface area contributed by atoms with E-state index in [0.29, 0.717) is 11.8 Å². The predicted molar refractivity (Wildman–Crippen MR) is 114 cm³/mol. The molecule has 1 saturated carbocycles. The third kappa shape index (κ3) is 3.22. The quantitative estimate of drug-likeness (QED) is 0.784. The molecule has 1 aromatic carbocycles. The van der Waals surface area contributed by atoms with Crippen molar-refractivity contribution >= 4 is 11.8 Å². The molecule has 6 nitrogen and oxygen atoms in total. The fourth-order valence-electron chi connectivity index (χ4n) is 5.14. The number of benzene rings is 1. The van der Waals surface area contributed by atoms with Gasteiger partial charge in [0.05, 0.1) is 11.1 Å². The Bertz CT molecular complexity index is 939. The number of carbonyl (C=O) groups excluding carboxylic acids is 2. The molecule has 2 aromatic rings. The van der Waals surface area contributed by atoms with Crippen molar-refractivity contribution < 1.29 is 9.59 Å². The maximum absolute atomic E-state index is 13.3. The number of hydrogen-bond acceptors (Lipinski definition) is 3. The first kappa shape index (κ1) is 19.3. The summed E-state index contributed by atoms with van der Waals surface area (Å²) in [7, 11) is 0. The van der Waals surface area contributed by atoms with Crippen LogP contribution in [-0.4, -0.2) is 57.6 Å². The van der Waals surface area contributed by atoms with E-state index in [-0.39, 0.29) is 11.3 Å². The zero-order chi connectivity index (χ0) is 20.7. The van der Waals surface area contributed by atoms with Crippen molar-refractivity contribution in [2.24, 2.45) is 0 Å². The predicted octanol–water partition coefficient (Wildman–Crippen LogP) is 3.19. The van der Waals surface area contributed by atoms with Gasteiger partial charge in [-0.3, -0.25) is 14.3 Å². The number of amides is 2. The van der Waals surface area contributed by atoms with Crippen LogP contribution < -0.4 is 0 Å². The van der Waals surface area contributed by atoms with Gasteiger partial charge >= 0.3 is 0 Å². The second kappa shape index (κ2) is 7.56. The number of aryl methyl sites for hydroxylation is 1. The summed E-state index contributed by atoms with van der Waals surface area (Å²) in [6, 6.07) is 12.2. The molecule has 3 heterocycles. The van der Waals surface area contributed by atoms with Crippen LogP contribution in [0.5, 0.6) is 0 Å². The molecule has 0 unspecified atom stereocenters. The van der Waals surface area contributed by atoms with Crippen molar-refractivity contribution in [2.75, 3.05) is 26.2 Å². The molecule has 30 heavy (non-hydrogen) atoms. The highest BCUT2D eigenvalue weighted by Gasteiger charge is 2.53. The first-order valence-electron chi connectivity index (χ1n) is 11.3. The Morgan fingerprint density at radius 2 is 1.83 bits per heavy atom. The molecule has 5 rings (SSSR count). The zero-order valence-electron chi connectivity index (χ0n) is 17.7. The number of carbonyl (C=O) groups is 2. The van der Waals surface area contributed by atoms with Gasteiger partial charge in [-0.05, 0) is 50.7 Å². The number of nitrogens with zero attached hydrogens (tertiary/aromatic N) is 4. The van der Waals surface area contributed by atoms with Gasteiger partial charge in [-0.15, -0.1) is 0 Å². The highest BCUT2D eigenvalue weighted by Crippen LogP contribution is 2.50. The van der Waals surface area contributed by atoms with Crippen molar-refractivity contribution in [3.63, 3.8) is 0 Å². The molecule has 6 heteroatoms. The van der Waals surface area contributed by atoms with Gasteiger partial charge in [-0.1, -0.05) is 30.3 Å². The number of rotatable bonds is 4. The van der Waals surface area contributed by atoms with Gasteiger partial charge in [0.25, 0.3) is 5.91 Å². The Morgan fingerprint density at radius 3 is 2.50 bits per heavy atom. The van der Waals surface area contributed by atoms with E-state index in [2.05, 4.69) is 17.0 Å². The minimum Gasteiger partial charge on any atom is -0.342 e. The molecular formula is C24H30N4O2. The van der Waals surface area contributed by atoms with E-state index in [0.717, 1.165) is 81.8 Å². The van der Waals surface area contributed by atoms with Gasteiger partial charge in [-0.2, -0.15) is 5.10 Å². The van der Waals surface area contributed by atoms with Crippen LogP contribution in [0.4, 0.5) is 0 Å². The fourth-order valence-corrected chi connectivity index (χ4v) is 5.14. The molecule has 1 aromatic heterocycles. The molecule has 0 bridgehead atoms. The zero-order valence-corrected chi connectivity index (χ0v) is 17.7. The van der Waals surface area contributed by atoms with E-state index in [9.17, 15) is 9.59 Å². The second-order valence-corrected chi connectivity index (χ2v) is 8.93. The smallest absolute Gasteiger partial charge is 0.272 e. The van der Waals surface area contributed by atoms with Gasteiger partial charge in [0, 0.05) is 38.6 Å². The first-order valence-corrected chi connectivity index (χ1v) is 11.3. The van der Waals surface area contributed by atoms with Crippen molar-refractivity contribution in [3.8, 4) is 0 Å². The Balaban J connectivity index is 1.27. The number of piperidine rings is 1. The number of likely N-dealkylation sites (tertiary alicyclic amines) is 1. The normalized spacial score (nSPS) is 21.3. The molecule has 2 fully saturated rings. The molecule has 3 aliphatic rings. The summed E-state index contributed by atoms with van der Waals surface area (Å²) in [5, 5.41) is 4.80. The van der Waals surface area contributed by atoms with E-state index in [4.69, 9.17) is 5.10 Å². The molecule has 0 spiro atoms. The van der Waals surface area contributed by atoms with E-state index in [1.54, 1.807) is 0 Å². The highest BCUT2D eigenvalue weighted by molar-refractivity contribution is 5.93. The number of hydrogen-bond donors (Lipinski definition) is 0. The molecule has 1 saturated heterocycles. The summed E-state index contributed by atoms with van der Waals surface area (Å²) in [6.07, 6.45) is 4.69. The van der Waals surface area contributed by atoms with E-state index < -0.39 is 0 Å². The summed E-state index contributed by atoms with van der Waals surface area (Å²) in [5.41, 5.74) is 2.63. The standard InChI is InChI=1S/C24H30N4O2/c1-2-26-13-6-14-28-21(22(26)29)17-20(25-28)18-9-15-27(16-10-18)23(30)24(11-12-24)19-7-4-3-5-8-19/h3-5,7-8,17-18H,2,6,9-16H2,1H3. The van der Waals surface area contributed by atoms with Crippen LogP contribution in [0.3, 0.4) is 0 Å². The summed E-state index contributed by atoms with van der Waals surface area (Å²) >= 11 is 0. The summed E-state index contributed by atoms with van der Waals surface area (Å²) < 4.78 is 1.90. The first-order chi connectivity index (χ1) is 14.6. The lowest BCUT2D eigenvalue weighted by molar-refractivity contribution is -0.135. The molecule has 1 aliphatic carbocycles. The summed E-state index contributed by atoms with van der Waals surface area (Å²) in [6.45, 7) is 5.92. The fraction of sp³-hybridized carbons (Fsp3) is 0.542. The van der Waals surface area contributed by atoms with Crippen LogP contribution in [0.2, 0.25) is 0 Å². The summed E-state index contributed by atoms with van der Waals surface area (Å²) in [4.78, 5) is 30.0. The highest BCUT2D eigenvalue weighted by atomic mass is 16.2. The third-order valence-electron chi connectivity index (χ3n) is 7.17. The topological polar surface area (TPSA) is 58.4 Å². The number of aromatic nitrogens is 2. The molecule has 0 N–H and O–H groups in total. The lowest BCUT2D eigenvalue weighted by Gasteiger charge is -2.34. The SMILES string of the molecule is CCN1CCCn2nc(C3CCN(C(=O)C4(c5ccccc5)CC4)CC3)cc2C1=O. The minimum absolute atomic E-state index is 0.0971. The van der Waals surface area contributed by atoms with Crippen LogP contribution >= 0.6 is 0 Å². The van der Waals surface area contributed by atoms with Crippen LogP contribution in [0.25, 0.3) is 0 Å². The van der Waals surface area contributed by atoms with Crippen molar-refractivity contribution in [3.05, 3.63) is 53.3 Å². The number of fused-ring (bicyclic) bond motifs is 1. The largest absolute Gasteiger partial charge is 0.342 e. The van der Waals surface area contributed by atoms with Gasteiger partial charge in [0.1, 0.15) is 5.69 Å². The van der Waals surface area contributed by atoms with Crippen LogP contribution in [-0.2, 0) is 16.8 Å². The monoisotopic (exact) mass is 406 g/mol. The molecule has 2 aliphatic heterocycles.